The topological polar surface area (TPSA) is 22.1 Å². The van der Waals surface area contributed by atoms with Crippen molar-refractivity contribution in [1.82, 2.24) is 4.98 Å². The van der Waals surface area contributed by atoms with Crippen molar-refractivity contribution in [3.63, 3.8) is 0 Å². The highest BCUT2D eigenvalue weighted by Crippen LogP contribution is 2.35. The second-order valence-electron chi connectivity index (χ2n) is 2.45. The molecular formula is C7H8F3NOS. The minimum Gasteiger partial charge on any atom is -0.366 e. The van der Waals surface area contributed by atoms with E-state index in [-0.39, 0.29) is 5.69 Å². The minimum atomic E-state index is -4.39. The molecule has 0 fully saturated rings. The van der Waals surface area contributed by atoms with E-state index in [1.807, 2.05) is 0 Å². The first-order valence-electron chi connectivity index (χ1n) is 3.46. The molecule has 0 spiro atoms. The number of rotatable bonds is 2. The number of alkyl halides is 3. The summed E-state index contributed by atoms with van der Waals surface area (Å²) in [6.07, 6.45) is -6.30. The molecule has 74 valence electrons. The molecule has 0 aliphatic heterocycles. The van der Waals surface area contributed by atoms with Gasteiger partial charge in [0.05, 0.1) is 10.7 Å². The lowest BCUT2D eigenvalue weighted by Gasteiger charge is -2.16. The number of nitrogens with zero attached hydrogens (tertiary/aromatic N) is 1. The zero-order valence-electron chi connectivity index (χ0n) is 7.05. The molecule has 0 N–H and O–H groups in total. The molecule has 2 nitrogen and oxygen atoms in total. The predicted molar refractivity (Wildman–Crippen MR) is 42.7 cm³/mol. The lowest BCUT2D eigenvalue weighted by molar-refractivity contribution is -0.217. The van der Waals surface area contributed by atoms with Crippen LogP contribution in [0.3, 0.4) is 0 Å². The monoisotopic (exact) mass is 211 g/mol. The number of hydrogen-bond donors (Lipinski definition) is 0. The van der Waals surface area contributed by atoms with Crippen LogP contribution in [0.1, 0.15) is 16.8 Å². The molecule has 1 rings (SSSR count). The lowest BCUT2D eigenvalue weighted by Crippen LogP contribution is -2.22. The molecule has 1 heterocycles. The van der Waals surface area contributed by atoms with Gasteiger partial charge in [0.2, 0.25) is 0 Å². The third kappa shape index (κ3) is 2.41. The Labute approximate surface area is 77.4 Å². The Kier molecular flexibility index (Phi) is 2.92. The molecule has 0 aromatic carbocycles. The average molecular weight is 211 g/mol. The van der Waals surface area contributed by atoms with Crippen LogP contribution in [0.15, 0.2) is 5.38 Å². The summed E-state index contributed by atoms with van der Waals surface area (Å²) in [5, 5.41) is 1.96. The van der Waals surface area contributed by atoms with Crippen LogP contribution in [0.2, 0.25) is 0 Å². The van der Waals surface area contributed by atoms with Crippen molar-refractivity contribution in [1.29, 1.82) is 0 Å². The standard InChI is InChI=1S/C7H8F3NOS/c1-4-11-5(3-13-4)6(12-2)7(8,9)10/h3,6H,1-2H3. The van der Waals surface area contributed by atoms with Crippen LogP contribution in [0, 0.1) is 6.92 Å². The summed E-state index contributed by atoms with van der Waals surface area (Å²) >= 11 is 1.17. The van der Waals surface area contributed by atoms with Crippen LogP contribution in [0.5, 0.6) is 0 Å². The van der Waals surface area contributed by atoms with E-state index in [1.54, 1.807) is 6.92 Å². The van der Waals surface area contributed by atoms with Gasteiger partial charge in [0.1, 0.15) is 0 Å². The van der Waals surface area contributed by atoms with Crippen LogP contribution < -0.4 is 0 Å². The lowest BCUT2D eigenvalue weighted by atomic mass is 10.3. The maximum absolute atomic E-state index is 12.3. The van der Waals surface area contributed by atoms with Crippen molar-refractivity contribution in [2.45, 2.75) is 19.2 Å². The highest BCUT2D eigenvalue weighted by atomic mass is 32.1. The summed E-state index contributed by atoms with van der Waals surface area (Å²) < 4.78 is 41.1. The summed E-state index contributed by atoms with van der Waals surface area (Å²) in [5.41, 5.74) is -0.0718. The van der Waals surface area contributed by atoms with Gasteiger partial charge >= 0.3 is 6.18 Å². The van der Waals surface area contributed by atoms with E-state index in [2.05, 4.69) is 9.72 Å². The Bertz CT molecular complexity index is 284. The van der Waals surface area contributed by atoms with Gasteiger partial charge < -0.3 is 4.74 Å². The molecule has 1 aromatic rings. The minimum absolute atomic E-state index is 0.0718. The number of aryl methyl sites for hydroxylation is 1. The van der Waals surface area contributed by atoms with E-state index < -0.39 is 12.3 Å². The summed E-state index contributed by atoms with van der Waals surface area (Å²) in [6, 6.07) is 0. The maximum atomic E-state index is 12.3. The summed E-state index contributed by atoms with van der Waals surface area (Å²) in [6.45, 7) is 1.65. The number of ether oxygens (including phenoxy) is 1. The fourth-order valence-electron chi connectivity index (χ4n) is 0.923. The Hall–Kier alpha value is -0.620. The van der Waals surface area contributed by atoms with Crippen LogP contribution in [-0.4, -0.2) is 18.3 Å². The molecule has 0 radical (unpaired) electrons. The molecule has 0 aliphatic rings. The molecule has 1 aromatic heterocycles. The third-order valence-electron chi connectivity index (χ3n) is 1.44. The van der Waals surface area contributed by atoms with Crippen molar-refractivity contribution >= 4 is 11.3 Å². The van der Waals surface area contributed by atoms with Gasteiger partial charge in [-0.05, 0) is 6.92 Å². The smallest absolute Gasteiger partial charge is 0.366 e. The number of aromatic nitrogens is 1. The Morgan fingerprint density at radius 1 is 1.54 bits per heavy atom. The molecule has 0 aliphatic carbocycles. The first kappa shape index (κ1) is 10.5. The Balaban J connectivity index is 2.91. The van der Waals surface area contributed by atoms with Crippen molar-refractivity contribution < 1.29 is 17.9 Å². The Morgan fingerprint density at radius 2 is 2.15 bits per heavy atom. The third-order valence-corrected chi connectivity index (χ3v) is 2.23. The predicted octanol–water partition coefficient (Wildman–Crippen LogP) is 2.70. The van der Waals surface area contributed by atoms with E-state index in [9.17, 15) is 13.2 Å². The van der Waals surface area contributed by atoms with Gasteiger partial charge in [-0.1, -0.05) is 0 Å². The van der Waals surface area contributed by atoms with Gasteiger partial charge in [0.15, 0.2) is 6.10 Å². The van der Waals surface area contributed by atoms with Crippen molar-refractivity contribution in [3.05, 3.63) is 16.1 Å². The van der Waals surface area contributed by atoms with Crippen LogP contribution in [-0.2, 0) is 4.74 Å². The number of hydrogen-bond acceptors (Lipinski definition) is 3. The fraction of sp³-hybridized carbons (Fsp3) is 0.571. The van der Waals surface area contributed by atoms with Crippen LogP contribution in [0.25, 0.3) is 0 Å². The molecule has 6 heteroatoms. The van der Waals surface area contributed by atoms with E-state index in [4.69, 9.17) is 0 Å². The largest absolute Gasteiger partial charge is 0.420 e. The van der Waals surface area contributed by atoms with E-state index >= 15 is 0 Å². The van der Waals surface area contributed by atoms with Crippen molar-refractivity contribution in [2.24, 2.45) is 0 Å². The van der Waals surface area contributed by atoms with Crippen molar-refractivity contribution in [3.8, 4) is 0 Å². The van der Waals surface area contributed by atoms with E-state index in [0.717, 1.165) is 7.11 Å². The quantitative estimate of drug-likeness (QED) is 0.750. The van der Waals surface area contributed by atoms with Gasteiger partial charge in [0.25, 0.3) is 0 Å². The molecule has 1 unspecified atom stereocenters. The molecule has 0 saturated heterocycles. The maximum Gasteiger partial charge on any atom is 0.420 e. The molecule has 0 saturated carbocycles. The molecule has 0 amide bonds. The molecule has 0 bridgehead atoms. The highest BCUT2D eigenvalue weighted by molar-refractivity contribution is 7.09. The molecule has 13 heavy (non-hydrogen) atoms. The zero-order valence-corrected chi connectivity index (χ0v) is 7.87. The first-order chi connectivity index (χ1) is 5.95. The van der Waals surface area contributed by atoms with E-state index in [0.29, 0.717) is 5.01 Å². The molecular weight excluding hydrogens is 203 g/mol. The second kappa shape index (κ2) is 3.63. The summed E-state index contributed by atoms with van der Waals surface area (Å²) in [5.74, 6) is 0. The highest BCUT2D eigenvalue weighted by Gasteiger charge is 2.42. The van der Waals surface area contributed by atoms with Crippen LogP contribution in [0.4, 0.5) is 13.2 Å². The SMILES string of the molecule is COC(c1csc(C)n1)C(F)(F)F. The van der Waals surface area contributed by atoms with Gasteiger partial charge in [0, 0.05) is 12.5 Å². The van der Waals surface area contributed by atoms with Crippen LogP contribution >= 0.6 is 11.3 Å². The number of thiazole rings is 1. The Morgan fingerprint density at radius 3 is 2.46 bits per heavy atom. The molecule has 1 atom stereocenters. The normalized spacial score (nSPS) is 14.5. The van der Waals surface area contributed by atoms with E-state index in [1.165, 1.54) is 16.7 Å². The summed E-state index contributed by atoms with van der Waals surface area (Å²) in [4.78, 5) is 3.72. The van der Waals surface area contributed by atoms with Crippen molar-refractivity contribution in [2.75, 3.05) is 7.11 Å². The number of methoxy groups -OCH3 is 1. The fourth-order valence-corrected chi connectivity index (χ4v) is 1.55. The van der Waals surface area contributed by atoms with Gasteiger partial charge in [-0.3, -0.25) is 0 Å². The first-order valence-corrected chi connectivity index (χ1v) is 4.34. The number of halogens is 3. The van der Waals surface area contributed by atoms with Gasteiger partial charge in [-0.15, -0.1) is 11.3 Å². The summed E-state index contributed by atoms with van der Waals surface area (Å²) in [7, 11) is 1.02. The average Bonchev–Trinajstić information content (AvgIpc) is 2.34. The van der Waals surface area contributed by atoms with Gasteiger partial charge in [-0.25, -0.2) is 4.98 Å². The zero-order chi connectivity index (χ0) is 10.1. The second-order valence-corrected chi connectivity index (χ2v) is 3.51. The van der Waals surface area contributed by atoms with Gasteiger partial charge in [-0.2, -0.15) is 13.2 Å².